The van der Waals surface area contributed by atoms with Crippen molar-refractivity contribution in [1.29, 1.82) is 0 Å². The van der Waals surface area contributed by atoms with Crippen molar-refractivity contribution in [2.45, 2.75) is 38.7 Å². The summed E-state index contributed by atoms with van der Waals surface area (Å²) < 4.78 is 0. The number of aliphatic hydroxyl groups excluding tert-OH is 1. The number of nitrogens with one attached hydrogen (secondary N) is 1. The maximum Gasteiger partial charge on any atom is 0.251 e. The molecule has 1 aromatic rings. The Kier molecular flexibility index (Phi) is 3.31. The number of fused-ring (bicyclic) bond motifs is 1. The molecule has 2 aliphatic rings. The minimum atomic E-state index is -0.450. The molecule has 19 heavy (non-hydrogen) atoms. The molecular formula is C16H21NO2. The van der Waals surface area contributed by atoms with Gasteiger partial charge >= 0.3 is 0 Å². The fourth-order valence-electron chi connectivity index (χ4n) is 2.97. The molecular weight excluding hydrogens is 238 g/mol. The van der Waals surface area contributed by atoms with E-state index >= 15 is 0 Å². The Morgan fingerprint density at radius 1 is 1.37 bits per heavy atom. The van der Waals surface area contributed by atoms with Gasteiger partial charge < -0.3 is 10.4 Å². The summed E-state index contributed by atoms with van der Waals surface area (Å²) in [6, 6.07) is 5.89. The molecule has 1 amide bonds. The lowest BCUT2D eigenvalue weighted by atomic mass is 9.90. The van der Waals surface area contributed by atoms with Gasteiger partial charge in [-0.15, -0.1) is 0 Å². The highest BCUT2D eigenvalue weighted by molar-refractivity contribution is 5.96. The summed E-state index contributed by atoms with van der Waals surface area (Å²) in [5.74, 6) is 0.940. The van der Waals surface area contributed by atoms with Crippen LogP contribution in [0.5, 0.6) is 0 Å². The van der Waals surface area contributed by atoms with Crippen molar-refractivity contribution in [3.05, 3.63) is 34.9 Å². The molecule has 2 N–H and O–H groups in total. The van der Waals surface area contributed by atoms with Crippen LogP contribution in [0.1, 0.15) is 53.8 Å². The molecule has 1 aromatic carbocycles. The average Bonchev–Trinajstić information content (AvgIpc) is 3.25. The monoisotopic (exact) mass is 259 g/mol. The smallest absolute Gasteiger partial charge is 0.251 e. The first-order valence-corrected chi connectivity index (χ1v) is 7.26. The lowest BCUT2D eigenvalue weighted by Gasteiger charge is -2.20. The molecule has 0 bridgehead atoms. The molecule has 0 spiro atoms. The highest BCUT2D eigenvalue weighted by atomic mass is 16.3. The SMILES string of the molecule is CC(C1CC1)C(O)c1ccc2c(c1)C(=O)NCCC2. The van der Waals surface area contributed by atoms with Gasteiger partial charge in [-0.25, -0.2) is 0 Å². The molecule has 3 nitrogen and oxygen atoms in total. The van der Waals surface area contributed by atoms with Crippen molar-refractivity contribution in [1.82, 2.24) is 5.32 Å². The van der Waals surface area contributed by atoms with Crippen LogP contribution in [-0.2, 0) is 6.42 Å². The lowest BCUT2D eigenvalue weighted by molar-refractivity contribution is 0.0953. The second kappa shape index (κ2) is 4.97. The first kappa shape index (κ1) is 12.7. The van der Waals surface area contributed by atoms with Gasteiger partial charge in [0, 0.05) is 12.1 Å². The van der Waals surface area contributed by atoms with Crippen molar-refractivity contribution in [3.8, 4) is 0 Å². The highest BCUT2D eigenvalue weighted by Gasteiger charge is 2.33. The zero-order valence-electron chi connectivity index (χ0n) is 11.4. The molecule has 1 heterocycles. The molecule has 0 radical (unpaired) electrons. The van der Waals surface area contributed by atoms with E-state index < -0.39 is 6.10 Å². The van der Waals surface area contributed by atoms with E-state index in [0.29, 0.717) is 5.92 Å². The summed E-state index contributed by atoms with van der Waals surface area (Å²) in [6.07, 6.45) is 3.92. The van der Waals surface area contributed by atoms with Crippen molar-refractivity contribution >= 4 is 5.91 Å². The van der Waals surface area contributed by atoms with Gasteiger partial charge in [-0.05, 0) is 54.7 Å². The Labute approximate surface area is 114 Å². The van der Waals surface area contributed by atoms with E-state index in [1.165, 1.54) is 12.8 Å². The molecule has 0 aromatic heterocycles. The van der Waals surface area contributed by atoms with Crippen molar-refractivity contribution < 1.29 is 9.90 Å². The number of amides is 1. The van der Waals surface area contributed by atoms with Gasteiger partial charge in [0.15, 0.2) is 0 Å². The molecule has 2 atom stereocenters. The van der Waals surface area contributed by atoms with Crippen LogP contribution in [0, 0.1) is 11.8 Å². The van der Waals surface area contributed by atoms with Crippen molar-refractivity contribution in [3.63, 3.8) is 0 Å². The predicted molar refractivity (Wildman–Crippen MR) is 73.9 cm³/mol. The van der Waals surface area contributed by atoms with E-state index in [0.717, 1.165) is 36.1 Å². The minimum Gasteiger partial charge on any atom is -0.388 e. The second-order valence-corrected chi connectivity index (χ2v) is 5.92. The third kappa shape index (κ3) is 2.52. The molecule has 0 saturated heterocycles. The summed E-state index contributed by atoms with van der Waals surface area (Å²) in [5.41, 5.74) is 2.73. The molecule has 1 aliphatic carbocycles. The van der Waals surface area contributed by atoms with Crippen molar-refractivity contribution in [2.75, 3.05) is 6.54 Å². The number of aryl methyl sites for hydroxylation is 1. The number of carbonyl (C=O) groups is 1. The molecule has 2 unspecified atom stereocenters. The highest BCUT2D eigenvalue weighted by Crippen LogP contribution is 2.42. The molecule has 1 saturated carbocycles. The molecule has 1 fully saturated rings. The number of carbonyl (C=O) groups excluding carboxylic acids is 1. The molecule has 3 rings (SSSR count). The van der Waals surface area contributed by atoms with Gasteiger partial charge in [0.1, 0.15) is 0 Å². The van der Waals surface area contributed by atoms with Crippen molar-refractivity contribution in [2.24, 2.45) is 11.8 Å². The van der Waals surface area contributed by atoms with Gasteiger partial charge in [-0.2, -0.15) is 0 Å². The van der Waals surface area contributed by atoms with Gasteiger partial charge in [0.2, 0.25) is 0 Å². The normalized spacial score (nSPS) is 22.1. The molecule has 102 valence electrons. The average molecular weight is 259 g/mol. The Balaban J connectivity index is 1.89. The van der Waals surface area contributed by atoms with Gasteiger partial charge in [-0.1, -0.05) is 19.1 Å². The fourth-order valence-corrected chi connectivity index (χ4v) is 2.97. The Morgan fingerprint density at radius 2 is 2.16 bits per heavy atom. The quantitative estimate of drug-likeness (QED) is 0.876. The van der Waals surface area contributed by atoms with E-state index in [1.54, 1.807) is 0 Å². The van der Waals surface area contributed by atoms with Crippen LogP contribution in [0.25, 0.3) is 0 Å². The van der Waals surface area contributed by atoms with Crippen LogP contribution in [0.3, 0.4) is 0 Å². The largest absolute Gasteiger partial charge is 0.388 e. The Hall–Kier alpha value is -1.35. The van der Waals surface area contributed by atoms with Crippen LogP contribution < -0.4 is 5.32 Å². The summed E-state index contributed by atoms with van der Waals surface area (Å²) in [5, 5.41) is 13.3. The standard InChI is InChI=1S/C16H21NO2/c1-10(11-4-5-11)15(18)13-7-6-12-3-2-8-17-16(19)14(12)9-13/h6-7,9-11,15,18H,2-5,8H2,1H3,(H,17,19). The first-order valence-electron chi connectivity index (χ1n) is 7.26. The number of benzene rings is 1. The van der Waals surface area contributed by atoms with Crippen LogP contribution in [0.2, 0.25) is 0 Å². The van der Waals surface area contributed by atoms with Crippen LogP contribution in [0.4, 0.5) is 0 Å². The van der Waals surface area contributed by atoms with Crippen LogP contribution >= 0.6 is 0 Å². The van der Waals surface area contributed by atoms with E-state index in [4.69, 9.17) is 0 Å². The number of aliphatic hydroxyl groups is 1. The summed E-state index contributed by atoms with van der Waals surface area (Å²) in [6.45, 7) is 2.85. The summed E-state index contributed by atoms with van der Waals surface area (Å²) in [7, 11) is 0. The van der Waals surface area contributed by atoms with E-state index in [9.17, 15) is 9.90 Å². The number of hydrogen-bond donors (Lipinski definition) is 2. The third-order valence-corrected chi connectivity index (χ3v) is 4.49. The lowest BCUT2D eigenvalue weighted by Crippen LogP contribution is -2.23. The number of hydrogen-bond acceptors (Lipinski definition) is 2. The second-order valence-electron chi connectivity index (χ2n) is 5.92. The van der Waals surface area contributed by atoms with Gasteiger partial charge in [0.25, 0.3) is 5.91 Å². The zero-order valence-corrected chi connectivity index (χ0v) is 11.4. The summed E-state index contributed by atoms with van der Waals surface area (Å²) >= 11 is 0. The molecule has 1 aliphatic heterocycles. The Morgan fingerprint density at radius 3 is 2.89 bits per heavy atom. The third-order valence-electron chi connectivity index (χ3n) is 4.49. The predicted octanol–water partition coefficient (Wildman–Crippen LogP) is 2.44. The molecule has 3 heteroatoms. The Bertz CT molecular complexity index is 494. The maximum atomic E-state index is 12.0. The topological polar surface area (TPSA) is 49.3 Å². The first-order chi connectivity index (χ1) is 9.16. The maximum absolute atomic E-state index is 12.0. The number of rotatable bonds is 3. The minimum absolute atomic E-state index is 0.000579. The van der Waals surface area contributed by atoms with E-state index in [2.05, 4.69) is 12.2 Å². The van der Waals surface area contributed by atoms with Gasteiger partial charge in [-0.3, -0.25) is 4.79 Å². The van der Waals surface area contributed by atoms with Crippen LogP contribution in [0.15, 0.2) is 18.2 Å². The van der Waals surface area contributed by atoms with Gasteiger partial charge in [0.05, 0.1) is 6.10 Å². The van der Waals surface area contributed by atoms with E-state index in [-0.39, 0.29) is 11.8 Å². The van der Waals surface area contributed by atoms with Crippen LogP contribution in [-0.4, -0.2) is 17.6 Å². The van der Waals surface area contributed by atoms with E-state index in [1.807, 2.05) is 18.2 Å². The zero-order chi connectivity index (χ0) is 13.4. The summed E-state index contributed by atoms with van der Waals surface area (Å²) in [4.78, 5) is 12.0. The fraction of sp³-hybridized carbons (Fsp3) is 0.562.